The lowest BCUT2D eigenvalue weighted by atomic mass is 9.78. The van der Waals surface area contributed by atoms with Crippen LogP contribution in [0, 0.1) is 12.8 Å². The van der Waals surface area contributed by atoms with Crippen LogP contribution >= 0.6 is 11.3 Å². The van der Waals surface area contributed by atoms with Crippen molar-refractivity contribution in [3.05, 3.63) is 21.9 Å². The second-order valence-corrected chi connectivity index (χ2v) is 6.53. The lowest BCUT2D eigenvalue weighted by Crippen LogP contribution is -2.34. The molecule has 1 aromatic heterocycles. The summed E-state index contributed by atoms with van der Waals surface area (Å²) in [6.07, 6.45) is 4.30. The van der Waals surface area contributed by atoms with Crippen LogP contribution in [0.25, 0.3) is 0 Å². The molecule has 1 unspecified atom stereocenters. The third-order valence-electron chi connectivity index (χ3n) is 3.72. The minimum Gasteiger partial charge on any atom is -0.378 e. The van der Waals surface area contributed by atoms with Crippen molar-refractivity contribution in [3.63, 3.8) is 0 Å². The van der Waals surface area contributed by atoms with Crippen LogP contribution in [-0.2, 0) is 4.74 Å². The van der Waals surface area contributed by atoms with E-state index in [-0.39, 0.29) is 0 Å². The van der Waals surface area contributed by atoms with Crippen molar-refractivity contribution in [1.29, 1.82) is 0 Å². The molecule has 0 saturated heterocycles. The van der Waals surface area contributed by atoms with Gasteiger partial charge >= 0.3 is 0 Å². The van der Waals surface area contributed by atoms with Crippen molar-refractivity contribution >= 4 is 11.3 Å². The van der Waals surface area contributed by atoms with Gasteiger partial charge < -0.3 is 10.1 Å². The monoisotopic (exact) mass is 267 g/mol. The van der Waals surface area contributed by atoms with Gasteiger partial charge in [-0.2, -0.15) is 0 Å². The van der Waals surface area contributed by atoms with Crippen molar-refractivity contribution < 1.29 is 4.74 Å². The molecular formula is C15H25NOS. The van der Waals surface area contributed by atoms with Gasteiger partial charge in [-0.15, -0.1) is 11.3 Å². The fourth-order valence-electron chi connectivity index (χ4n) is 2.76. The average Bonchev–Trinajstić information content (AvgIpc) is 2.72. The maximum absolute atomic E-state index is 5.64. The lowest BCUT2D eigenvalue weighted by Gasteiger charge is -2.37. The second kappa shape index (κ2) is 6.69. The Labute approximate surface area is 115 Å². The lowest BCUT2D eigenvalue weighted by molar-refractivity contribution is -0.0290. The molecule has 2 nitrogen and oxygen atoms in total. The Morgan fingerprint density at radius 2 is 2.17 bits per heavy atom. The van der Waals surface area contributed by atoms with Gasteiger partial charge in [0.1, 0.15) is 0 Å². The zero-order valence-corrected chi connectivity index (χ0v) is 12.6. The van der Waals surface area contributed by atoms with Crippen molar-refractivity contribution in [2.24, 2.45) is 5.92 Å². The van der Waals surface area contributed by atoms with E-state index in [2.05, 4.69) is 38.2 Å². The first-order chi connectivity index (χ1) is 8.72. The third kappa shape index (κ3) is 3.56. The smallest absolute Gasteiger partial charge is 0.0580 e. The quantitative estimate of drug-likeness (QED) is 0.808. The fraction of sp³-hybridized carbons (Fsp3) is 0.733. The SMILES string of the molecule is CCNC(CC1CC(OCC)C1)c1ccc(C)s1. The van der Waals surface area contributed by atoms with Gasteiger partial charge in [0.15, 0.2) is 0 Å². The molecule has 1 aliphatic rings. The Balaban J connectivity index is 1.84. The molecule has 1 saturated carbocycles. The highest BCUT2D eigenvalue weighted by Gasteiger charge is 2.31. The van der Waals surface area contributed by atoms with E-state index in [1.54, 1.807) is 0 Å². The molecule has 1 aliphatic carbocycles. The van der Waals surface area contributed by atoms with E-state index >= 15 is 0 Å². The van der Waals surface area contributed by atoms with Crippen LogP contribution in [-0.4, -0.2) is 19.3 Å². The van der Waals surface area contributed by atoms with Gasteiger partial charge in [-0.1, -0.05) is 6.92 Å². The molecule has 0 spiro atoms. The van der Waals surface area contributed by atoms with E-state index in [1.807, 2.05) is 11.3 Å². The number of ether oxygens (including phenoxy) is 1. The van der Waals surface area contributed by atoms with Crippen LogP contribution in [0.4, 0.5) is 0 Å². The summed E-state index contributed by atoms with van der Waals surface area (Å²) in [7, 11) is 0. The van der Waals surface area contributed by atoms with E-state index in [1.165, 1.54) is 29.0 Å². The Bertz CT molecular complexity index is 357. The predicted molar refractivity (Wildman–Crippen MR) is 78.2 cm³/mol. The number of hydrogen-bond donors (Lipinski definition) is 1. The van der Waals surface area contributed by atoms with Crippen LogP contribution in [0.2, 0.25) is 0 Å². The fourth-order valence-corrected chi connectivity index (χ4v) is 3.73. The molecule has 1 heterocycles. The predicted octanol–water partition coefficient (Wildman–Crippen LogP) is 3.91. The van der Waals surface area contributed by atoms with Gasteiger partial charge in [-0.25, -0.2) is 0 Å². The van der Waals surface area contributed by atoms with E-state index < -0.39 is 0 Å². The maximum atomic E-state index is 5.64. The number of aryl methyl sites for hydroxylation is 1. The molecule has 3 heteroatoms. The zero-order valence-electron chi connectivity index (χ0n) is 11.7. The van der Waals surface area contributed by atoms with Crippen molar-refractivity contribution in [3.8, 4) is 0 Å². The normalized spacial score (nSPS) is 24.8. The number of hydrogen-bond acceptors (Lipinski definition) is 3. The van der Waals surface area contributed by atoms with Crippen LogP contribution in [0.5, 0.6) is 0 Å². The minimum absolute atomic E-state index is 0.535. The van der Waals surface area contributed by atoms with Gasteiger partial charge in [0.25, 0.3) is 0 Å². The van der Waals surface area contributed by atoms with Gasteiger partial charge in [0.05, 0.1) is 6.10 Å². The van der Waals surface area contributed by atoms with Gasteiger partial charge in [0, 0.05) is 22.4 Å². The summed E-state index contributed by atoms with van der Waals surface area (Å²) >= 11 is 1.93. The highest BCUT2D eigenvalue weighted by molar-refractivity contribution is 7.12. The molecule has 0 bridgehead atoms. The van der Waals surface area contributed by atoms with Gasteiger partial charge in [-0.05, 0) is 57.7 Å². The zero-order chi connectivity index (χ0) is 13.0. The van der Waals surface area contributed by atoms with Crippen molar-refractivity contribution in [2.75, 3.05) is 13.2 Å². The maximum Gasteiger partial charge on any atom is 0.0580 e. The Morgan fingerprint density at radius 1 is 1.39 bits per heavy atom. The molecule has 0 amide bonds. The molecule has 0 radical (unpaired) electrons. The first-order valence-electron chi connectivity index (χ1n) is 7.14. The Kier molecular flexibility index (Phi) is 5.22. The summed E-state index contributed by atoms with van der Waals surface area (Å²) in [5, 5.41) is 3.63. The molecule has 18 heavy (non-hydrogen) atoms. The summed E-state index contributed by atoms with van der Waals surface area (Å²) in [6, 6.07) is 5.06. The summed E-state index contributed by atoms with van der Waals surface area (Å²) in [5.41, 5.74) is 0. The van der Waals surface area contributed by atoms with E-state index in [4.69, 9.17) is 4.74 Å². The molecule has 102 valence electrons. The largest absolute Gasteiger partial charge is 0.378 e. The standard InChI is InChI=1S/C15H25NOS/c1-4-16-14(15-7-6-11(3)18-15)10-12-8-13(9-12)17-5-2/h6-7,12-14,16H,4-5,8-10H2,1-3H3. The Hall–Kier alpha value is -0.380. The van der Waals surface area contributed by atoms with E-state index in [0.29, 0.717) is 12.1 Å². The molecule has 1 atom stereocenters. The van der Waals surface area contributed by atoms with Crippen molar-refractivity contribution in [2.45, 2.75) is 52.2 Å². The second-order valence-electron chi connectivity index (χ2n) is 5.21. The molecule has 1 aromatic rings. The van der Waals surface area contributed by atoms with Crippen LogP contribution in [0.3, 0.4) is 0 Å². The molecular weight excluding hydrogens is 242 g/mol. The third-order valence-corrected chi connectivity index (χ3v) is 4.83. The number of rotatable bonds is 7. The van der Waals surface area contributed by atoms with Crippen molar-refractivity contribution in [1.82, 2.24) is 5.32 Å². The highest BCUT2D eigenvalue weighted by atomic mass is 32.1. The van der Waals surface area contributed by atoms with Gasteiger partial charge in [0.2, 0.25) is 0 Å². The highest BCUT2D eigenvalue weighted by Crippen LogP contribution is 2.38. The molecule has 0 aliphatic heterocycles. The van der Waals surface area contributed by atoms with Crippen LogP contribution in [0.15, 0.2) is 12.1 Å². The summed E-state index contributed by atoms with van der Waals surface area (Å²) in [4.78, 5) is 2.91. The first-order valence-corrected chi connectivity index (χ1v) is 7.95. The summed E-state index contributed by atoms with van der Waals surface area (Å²) in [5.74, 6) is 0.841. The van der Waals surface area contributed by atoms with Crippen LogP contribution in [0.1, 0.15) is 48.9 Å². The number of nitrogens with one attached hydrogen (secondary N) is 1. The molecule has 2 rings (SSSR count). The number of thiophene rings is 1. The minimum atomic E-state index is 0.535. The van der Waals surface area contributed by atoms with E-state index in [0.717, 1.165) is 19.1 Å². The molecule has 0 aromatic carbocycles. The topological polar surface area (TPSA) is 21.3 Å². The average molecular weight is 267 g/mol. The Morgan fingerprint density at radius 3 is 2.72 bits per heavy atom. The van der Waals surface area contributed by atoms with Crippen LogP contribution < -0.4 is 5.32 Å². The molecule has 1 N–H and O–H groups in total. The van der Waals surface area contributed by atoms with E-state index in [9.17, 15) is 0 Å². The van der Waals surface area contributed by atoms with Gasteiger partial charge in [-0.3, -0.25) is 0 Å². The first kappa shape index (κ1) is 14.0. The summed E-state index contributed by atoms with van der Waals surface area (Å²) in [6.45, 7) is 8.37. The molecule has 1 fully saturated rings. The summed E-state index contributed by atoms with van der Waals surface area (Å²) < 4.78 is 5.64.